The smallest absolute Gasteiger partial charge is 0.272 e. The number of nitrogens with zero attached hydrogens (tertiary/aromatic N) is 1. The van der Waals surface area contributed by atoms with Crippen LogP contribution in [0.25, 0.3) is 0 Å². The summed E-state index contributed by atoms with van der Waals surface area (Å²) in [6.07, 6.45) is 1.80. The number of aryl methyl sites for hydroxylation is 1. The fourth-order valence-electron chi connectivity index (χ4n) is 1.71. The molecule has 0 radical (unpaired) electrons. The molecule has 2 N–H and O–H groups in total. The number of rotatable bonds is 3. The summed E-state index contributed by atoms with van der Waals surface area (Å²) >= 11 is 3.30. The number of carbonyl (C=O) groups is 1. The molecule has 1 aromatic carbocycles. The molecule has 0 saturated carbocycles. The number of amides is 1. The zero-order valence-electron chi connectivity index (χ0n) is 10.2. The van der Waals surface area contributed by atoms with Crippen molar-refractivity contribution < 1.29 is 14.3 Å². The number of phenols is 1. The molecular weight excluding hydrogens is 315 g/mol. The van der Waals surface area contributed by atoms with Crippen molar-refractivity contribution in [1.29, 1.82) is 0 Å². The minimum absolute atomic E-state index is 0.292. The Hall–Kier alpha value is -1.82. The second-order valence-corrected chi connectivity index (χ2v) is 4.87. The van der Waals surface area contributed by atoms with Gasteiger partial charge in [0.15, 0.2) is 11.6 Å². The van der Waals surface area contributed by atoms with Gasteiger partial charge in [0.2, 0.25) is 0 Å². The van der Waals surface area contributed by atoms with Crippen molar-refractivity contribution in [3.05, 3.63) is 46.4 Å². The van der Waals surface area contributed by atoms with Gasteiger partial charge in [-0.2, -0.15) is 0 Å². The first-order valence-corrected chi connectivity index (χ1v) is 6.46. The maximum absolute atomic E-state index is 13.2. The molecular formula is C13H12BrFN2O2. The summed E-state index contributed by atoms with van der Waals surface area (Å²) in [6, 6.07) is 5.39. The first-order chi connectivity index (χ1) is 9.01. The lowest BCUT2D eigenvalue weighted by Crippen LogP contribution is -2.16. The van der Waals surface area contributed by atoms with Crippen molar-refractivity contribution >= 4 is 27.5 Å². The van der Waals surface area contributed by atoms with E-state index in [4.69, 9.17) is 5.11 Å². The molecule has 1 aromatic heterocycles. The first kappa shape index (κ1) is 13.6. The Labute approximate surface area is 118 Å². The molecule has 0 aliphatic rings. The van der Waals surface area contributed by atoms with Gasteiger partial charge >= 0.3 is 0 Å². The highest BCUT2D eigenvalue weighted by Gasteiger charge is 2.13. The van der Waals surface area contributed by atoms with Crippen molar-refractivity contribution in [3.8, 4) is 5.75 Å². The van der Waals surface area contributed by atoms with Crippen molar-refractivity contribution in [2.75, 3.05) is 5.32 Å². The van der Waals surface area contributed by atoms with Crippen molar-refractivity contribution in [1.82, 2.24) is 4.57 Å². The number of carbonyl (C=O) groups excluding carboxylic acids is 1. The Morgan fingerprint density at radius 2 is 2.21 bits per heavy atom. The Morgan fingerprint density at radius 1 is 1.47 bits per heavy atom. The molecule has 1 heterocycles. The van der Waals surface area contributed by atoms with Crippen molar-refractivity contribution in [3.63, 3.8) is 0 Å². The fraction of sp³-hybridized carbons (Fsp3) is 0.154. The average Bonchev–Trinajstić information content (AvgIpc) is 2.75. The van der Waals surface area contributed by atoms with E-state index >= 15 is 0 Å². The van der Waals surface area contributed by atoms with Crippen LogP contribution in [0.4, 0.5) is 10.1 Å². The van der Waals surface area contributed by atoms with E-state index in [2.05, 4.69) is 21.2 Å². The summed E-state index contributed by atoms with van der Waals surface area (Å²) in [4.78, 5) is 12.1. The predicted molar refractivity (Wildman–Crippen MR) is 73.8 cm³/mol. The molecule has 19 heavy (non-hydrogen) atoms. The zero-order valence-corrected chi connectivity index (χ0v) is 11.7. The van der Waals surface area contributed by atoms with Gasteiger partial charge in [0.25, 0.3) is 5.91 Å². The number of aromatic nitrogens is 1. The molecule has 0 aliphatic carbocycles. The molecule has 0 unspecified atom stereocenters. The number of nitrogens with one attached hydrogen (secondary N) is 1. The van der Waals surface area contributed by atoms with Crippen LogP contribution in [0.15, 0.2) is 34.9 Å². The monoisotopic (exact) mass is 326 g/mol. The van der Waals surface area contributed by atoms with Crippen LogP contribution in [-0.2, 0) is 6.54 Å². The van der Waals surface area contributed by atoms with Crippen LogP contribution in [0.1, 0.15) is 17.4 Å². The topological polar surface area (TPSA) is 54.3 Å². The zero-order chi connectivity index (χ0) is 14.0. The minimum Gasteiger partial charge on any atom is -0.505 e. The highest BCUT2D eigenvalue weighted by atomic mass is 79.9. The standard InChI is InChI=1S/C13H12BrFN2O2/c1-2-17-7-8(14)5-11(17)13(19)16-9-3-4-12(18)10(15)6-9/h3-7,18H,2H2,1H3,(H,16,19). The van der Waals surface area contributed by atoms with E-state index in [0.29, 0.717) is 17.9 Å². The summed E-state index contributed by atoms with van der Waals surface area (Å²) in [5, 5.41) is 11.7. The van der Waals surface area contributed by atoms with E-state index in [1.54, 1.807) is 16.8 Å². The van der Waals surface area contributed by atoms with E-state index in [-0.39, 0.29) is 5.91 Å². The van der Waals surface area contributed by atoms with Gasteiger partial charge in [-0.15, -0.1) is 0 Å². The van der Waals surface area contributed by atoms with E-state index in [9.17, 15) is 9.18 Å². The van der Waals surface area contributed by atoms with Gasteiger partial charge in [-0.3, -0.25) is 4.79 Å². The Balaban J connectivity index is 2.22. The van der Waals surface area contributed by atoms with Crippen LogP contribution in [0.3, 0.4) is 0 Å². The van der Waals surface area contributed by atoms with Gasteiger partial charge in [0.05, 0.1) is 0 Å². The molecule has 6 heteroatoms. The second-order valence-electron chi connectivity index (χ2n) is 3.95. The van der Waals surface area contributed by atoms with Crippen LogP contribution in [0.5, 0.6) is 5.75 Å². The number of hydrogen-bond acceptors (Lipinski definition) is 2. The lowest BCUT2D eigenvalue weighted by molar-refractivity contribution is 0.101. The molecule has 0 saturated heterocycles. The lowest BCUT2D eigenvalue weighted by atomic mass is 10.2. The molecule has 4 nitrogen and oxygen atoms in total. The number of anilines is 1. The Morgan fingerprint density at radius 3 is 2.84 bits per heavy atom. The van der Waals surface area contributed by atoms with E-state index in [1.807, 2.05) is 6.92 Å². The number of aromatic hydroxyl groups is 1. The minimum atomic E-state index is -0.773. The lowest BCUT2D eigenvalue weighted by Gasteiger charge is -2.08. The van der Waals surface area contributed by atoms with E-state index < -0.39 is 11.6 Å². The van der Waals surface area contributed by atoms with Crippen LogP contribution < -0.4 is 5.32 Å². The van der Waals surface area contributed by atoms with E-state index in [1.165, 1.54) is 12.1 Å². The maximum Gasteiger partial charge on any atom is 0.272 e. The summed E-state index contributed by atoms with van der Waals surface area (Å²) in [7, 11) is 0. The molecule has 0 fully saturated rings. The molecule has 100 valence electrons. The summed E-state index contributed by atoms with van der Waals surface area (Å²) < 4.78 is 15.7. The van der Waals surface area contributed by atoms with E-state index in [0.717, 1.165) is 10.5 Å². The highest BCUT2D eigenvalue weighted by molar-refractivity contribution is 9.10. The maximum atomic E-state index is 13.2. The third kappa shape index (κ3) is 2.96. The predicted octanol–water partition coefficient (Wildman–Crippen LogP) is 3.37. The van der Waals surface area contributed by atoms with Gasteiger partial charge in [0.1, 0.15) is 5.69 Å². The van der Waals surface area contributed by atoms with Crippen LogP contribution in [-0.4, -0.2) is 15.6 Å². The summed E-state index contributed by atoms with van der Waals surface area (Å²) in [5.41, 5.74) is 0.767. The Bertz CT molecular complexity index is 625. The van der Waals surface area contributed by atoms with Crippen LogP contribution in [0.2, 0.25) is 0 Å². The van der Waals surface area contributed by atoms with Crippen molar-refractivity contribution in [2.45, 2.75) is 13.5 Å². The van der Waals surface area contributed by atoms with Gasteiger partial charge < -0.3 is 15.0 Å². The molecule has 2 aromatic rings. The highest BCUT2D eigenvalue weighted by Crippen LogP contribution is 2.21. The fourth-order valence-corrected chi connectivity index (χ4v) is 2.17. The number of benzene rings is 1. The molecule has 0 bridgehead atoms. The molecule has 0 atom stereocenters. The number of hydrogen-bond donors (Lipinski definition) is 2. The van der Waals surface area contributed by atoms with Crippen molar-refractivity contribution in [2.24, 2.45) is 0 Å². The van der Waals surface area contributed by atoms with Gasteiger partial charge in [-0.05, 0) is 41.1 Å². The average molecular weight is 327 g/mol. The van der Waals surface area contributed by atoms with Gasteiger partial charge in [0, 0.05) is 29.0 Å². The Kier molecular flexibility index (Phi) is 3.90. The molecule has 2 rings (SSSR count). The van der Waals surface area contributed by atoms with Gasteiger partial charge in [-0.1, -0.05) is 0 Å². The third-order valence-corrected chi connectivity index (χ3v) is 3.08. The molecule has 0 spiro atoms. The van der Waals surface area contributed by atoms with Crippen LogP contribution in [0, 0.1) is 5.82 Å². The number of phenolic OH excluding ortho intramolecular Hbond substituents is 1. The number of halogens is 2. The van der Waals surface area contributed by atoms with Gasteiger partial charge in [-0.25, -0.2) is 4.39 Å². The SMILES string of the molecule is CCn1cc(Br)cc1C(=O)Nc1ccc(O)c(F)c1. The molecule has 0 aliphatic heterocycles. The normalized spacial score (nSPS) is 10.5. The van der Waals surface area contributed by atoms with Crippen LogP contribution >= 0.6 is 15.9 Å². The summed E-state index contributed by atoms with van der Waals surface area (Å²) in [6.45, 7) is 2.57. The molecule has 1 amide bonds. The first-order valence-electron chi connectivity index (χ1n) is 5.66. The third-order valence-electron chi connectivity index (χ3n) is 2.64. The second kappa shape index (κ2) is 5.44. The largest absolute Gasteiger partial charge is 0.505 e. The summed E-state index contributed by atoms with van der Waals surface area (Å²) in [5.74, 6) is -1.56. The quantitative estimate of drug-likeness (QED) is 0.850.